The summed E-state index contributed by atoms with van der Waals surface area (Å²) in [6.45, 7) is 3.00. The highest BCUT2D eigenvalue weighted by atomic mass is 19.4. The molecule has 11 nitrogen and oxygen atoms in total. The summed E-state index contributed by atoms with van der Waals surface area (Å²) in [5.74, 6) is -1.66. The molecule has 2 bridgehead atoms. The van der Waals surface area contributed by atoms with Gasteiger partial charge in [0.2, 0.25) is 12.4 Å². The van der Waals surface area contributed by atoms with Crippen molar-refractivity contribution in [3.8, 4) is 5.75 Å². The van der Waals surface area contributed by atoms with Crippen LogP contribution in [-0.2, 0) is 51.8 Å². The number of likely N-dealkylation sites (tertiary alicyclic amines) is 1. The van der Waals surface area contributed by atoms with Crippen LogP contribution in [0.25, 0.3) is 0 Å². The van der Waals surface area contributed by atoms with Crippen molar-refractivity contribution >= 4 is 24.2 Å². The second-order valence-corrected chi connectivity index (χ2v) is 12.0. The fourth-order valence-corrected chi connectivity index (χ4v) is 7.19. The van der Waals surface area contributed by atoms with Crippen LogP contribution in [0.1, 0.15) is 55.0 Å². The van der Waals surface area contributed by atoms with Gasteiger partial charge in [0.25, 0.3) is 0 Å². The Labute approximate surface area is 267 Å². The van der Waals surface area contributed by atoms with E-state index in [1.54, 1.807) is 36.4 Å². The van der Waals surface area contributed by atoms with Gasteiger partial charge in [0.05, 0.1) is 17.6 Å². The van der Waals surface area contributed by atoms with E-state index >= 15 is 0 Å². The average Bonchev–Trinajstić information content (AvgIpc) is 3.39. The number of aldehydes is 1. The van der Waals surface area contributed by atoms with Crippen molar-refractivity contribution in [3.63, 3.8) is 0 Å². The standard InChI is InChI=1S/C31H33NO9.C2HF3O/c1-17(38-18(2)34)28(35)41-26(19-7-5-4-6-8-19)29(36)39-22-11-12-31(37)23-15-20-9-10-21(16-33)25-24(20)30(31,27(22)40-25)13-14-32(23)3;3-2(4,5)1-6/h4-11,17,23,26-27,33,37H,12-16H2,1-3H3;1H/t17-,23+,26-,27-,30-,31+;/m0./s1. The fourth-order valence-electron chi connectivity index (χ4n) is 7.19. The predicted octanol–water partition coefficient (Wildman–Crippen LogP) is 2.98. The lowest BCUT2D eigenvalue weighted by molar-refractivity contribution is -0.181. The van der Waals surface area contributed by atoms with Crippen molar-refractivity contribution in [3.05, 3.63) is 76.6 Å². The summed E-state index contributed by atoms with van der Waals surface area (Å²) in [6, 6.07) is 12.1. The van der Waals surface area contributed by atoms with Crippen molar-refractivity contribution < 1.29 is 61.5 Å². The Morgan fingerprint density at radius 1 is 1.13 bits per heavy atom. The maximum atomic E-state index is 13.7. The lowest BCUT2D eigenvalue weighted by atomic mass is 9.50. The lowest BCUT2D eigenvalue weighted by Gasteiger charge is -2.61. The third-order valence-electron chi connectivity index (χ3n) is 9.20. The Morgan fingerprint density at radius 3 is 2.43 bits per heavy atom. The number of likely N-dealkylation sites (N-methyl/N-ethyl adjacent to an activating group) is 1. The smallest absolute Gasteiger partial charge is 0.446 e. The summed E-state index contributed by atoms with van der Waals surface area (Å²) in [6.07, 6.45) is -6.08. The van der Waals surface area contributed by atoms with Crippen LogP contribution in [0.4, 0.5) is 13.2 Å². The Balaban J connectivity index is 0.000000662. The molecule has 2 N–H and O–H groups in total. The van der Waals surface area contributed by atoms with Gasteiger partial charge < -0.3 is 34.1 Å². The zero-order valence-corrected chi connectivity index (χ0v) is 25.8. The number of alkyl halides is 3. The molecule has 1 spiro atoms. The minimum atomic E-state index is -4.64. The van der Waals surface area contributed by atoms with Crippen molar-refractivity contribution in [1.82, 2.24) is 4.90 Å². The second kappa shape index (κ2) is 12.7. The van der Waals surface area contributed by atoms with Crippen LogP contribution >= 0.6 is 0 Å². The molecule has 0 radical (unpaired) electrons. The maximum Gasteiger partial charge on any atom is 0.446 e. The molecular weight excluding hydrogens is 627 g/mol. The number of halogens is 3. The number of ether oxygens (including phenoxy) is 4. The van der Waals surface area contributed by atoms with Gasteiger partial charge in [-0.15, -0.1) is 0 Å². The van der Waals surface area contributed by atoms with E-state index in [0.717, 1.165) is 11.1 Å². The molecule has 2 aliphatic carbocycles. The van der Waals surface area contributed by atoms with Gasteiger partial charge in [0.1, 0.15) is 11.5 Å². The molecule has 4 aliphatic rings. The van der Waals surface area contributed by atoms with Crippen molar-refractivity contribution in [1.29, 1.82) is 0 Å². The third-order valence-corrected chi connectivity index (χ3v) is 9.20. The summed E-state index contributed by atoms with van der Waals surface area (Å²) in [4.78, 5) is 48.7. The van der Waals surface area contributed by atoms with Crippen molar-refractivity contribution in [2.45, 2.75) is 81.3 Å². The van der Waals surface area contributed by atoms with Gasteiger partial charge in [-0.05, 0) is 45.0 Å². The van der Waals surface area contributed by atoms with E-state index in [9.17, 15) is 37.8 Å². The third kappa shape index (κ3) is 6.01. The number of aliphatic hydroxyl groups excluding tert-OH is 1. The Kier molecular flexibility index (Phi) is 9.23. The molecule has 1 fully saturated rings. The van der Waals surface area contributed by atoms with E-state index in [2.05, 4.69) is 4.90 Å². The molecule has 1 saturated heterocycles. The lowest BCUT2D eigenvalue weighted by Crippen LogP contribution is -2.74. The first-order valence-electron chi connectivity index (χ1n) is 14.9. The first-order chi connectivity index (χ1) is 22.2. The number of aliphatic hydroxyl groups is 2. The highest BCUT2D eigenvalue weighted by Crippen LogP contribution is 2.64. The summed E-state index contributed by atoms with van der Waals surface area (Å²) < 4.78 is 54.2. The number of hydrogen-bond donors (Lipinski definition) is 2. The van der Waals surface area contributed by atoms with Gasteiger partial charge >= 0.3 is 24.1 Å². The molecule has 47 heavy (non-hydrogen) atoms. The maximum absolute atomic E-state index is 13.7. The molecule has 0 aromatic heterocycles. The van der Waals surface area contributed by atoms with Crippen molar-refractivity contribution in [2.24, 2.45) is 0 Å². The topological polar surface area (TPSA) is 149 Å². The fraction of sp³-hybridized carbons (Fsp3) is 0.455. The van der Waals surface area contributed by atoms with Gasteiger partial charge in [-0.3, -0.25) is 9.59 Å². The Morgan fingerprint density at radius 2 is 1.81 bits per heavy atom. The summed E-state index contributed by atoms with van der Waals surface area (Å²) in [5.41, 5.74) is 0.842. The zero-order valence-electron chi connectivity index (χ0n) is 25.8. The van der Waals surface area contributed by atoms with Gasteiger partial charge in [-0.25, -0.2) is 9.59 Å². The Bertz CT molecular complexity index is 1590. The Hall–Kier alpha value is -4.27. The van der Waals surface area contributed by atoms with Crippen LogP contribution in [0.15, 0.2) is 54.3 Å². The van der Waals surface area contributed by atoms with Crippen LogP contribution in [-0.4, -0.2) is 82.9 Å². The quantitative estimate of drug-likeness (QED) is 0.256. The van der Waals surface area contributed by atoms with Crippen LogP contribution in [0.5, 0.6) is 5.75 Å². The molecule has 14 heteroatoms. The minimum Gasteiger partial charge on any atom is -0.481 e. The van der Waals surface area contributed by atoms with Crippen LogP contribution in [0, 0.1) is 0 Å². The van der Waals surface area contributed by atoms with Gasteiger partial charge in [0.15, 0.2) is 12.2 Å². The van der Waals surface area contributed by atoms with E-state index in [0.29, 0.717) is 36.3 Å². The van der Waals surface area contributed by atoms with E-state index in [-0.39, 0.29) is 24.8 Å². The highest BCUT2D eigenvalue weighted by molar-refractivity contribution is 5.84. The van der Waals surface area contributed by atoms with E-state index in [1.807, 2.05) is 19.2 Å². The molecule has 2 aromatic carbocycles. The van der Waals surface area contributed by atoms with Crippen LogP contribution in [0.2, 0.25) is 0 Å². The first-order valence-corrected chi connectivity index (χ1v) is 14.9. The number of hydrogen-bond acceptors (Lipinski definition) is 11. The minimum absolute atomic E-state index is 0.171. The molecule has 2 aromatic rings. The molecule has 6 atom stereocenters. The number of benzene rings is 2. The predicted molar refractivity (Wildman–Crippen MR) is 156 cm³/mol. The molecule has 2 aliphatic heterocycles. The number of piperidine rings is 1. The van der Waals surface area contributed by atoms with E-state index < -0.39 is 59.7 Å². The number of nitrogens with zero attached hydrogens (tertiary/aromatic N) is 1. The van der Waals surface area contributed by atoms with Gasteiger partial charge in [-0.1, -0.05) is 42.5 Å². The molecule has 6 rings (SSSR count). The van der Waals surface area contributed by atoms with Crippen LogP contribution in [0.3, 0.4) is 0 Å². The normalized spacial score (nSPS) is 26.6. The summed E-state index contributed by atoms with van der Waals surface area (Å²) in [7, 11) is 2.00. The SMILES string of the molecule is CC(=O)O[C@@H](C)C(=O)O[C@H](C(=O)OC1=CC[C@@]2(O)[C@H]3Cc4ccc(CO)c5c4[C@@]2(CCN3C)[C@H]1O5)c1ccccc1.O=CC(F)(F)F. The second-order valence-electron chi connectivity index (χ2n) is 12.0. The first kappa shape index (κ1) is 34.1. The molecule has 0 unspecified atom stereocenters. The summed E-state index contributed by atoms with van der Waals surface area (Å²) in [5, 5.41) is 22.5. The number of rotatable bonds is 7. The number of carbonyl (C=O) groups excluding carboxylic acids is 4. The van der Waals surface area contributed by atoms with Gasteiger partial charge in [0, 0.05) is 36.1 Å². The monoisotopic (exact) mass is 661 g/mol. The molecule has 252 valence electrons. The van der Waals surface area contributed by atoms with Gasteiger partial charge in [-0.2, -0.15) is 13.2 Å². The molecule has 0 saturated carbocycles. The summed E-state index contributed by atoms with van der Waals surface area (Å²) >= 11 is 0. The zero-order chi connectivity index (χ0) is 34.3. The average molecular weight is 662 g/mol. The number of carbonyl (C=O) groups is 4. The van der Waals surface area contributed by atoms with E-state index in [4.69, 9.17) is 23.7 Å². The molecule has 2 heterocycles. The van der Waals surface area contributed by atoms with E-state index in [1.165, 1.54) is 13.8 Å². The van der Waals surface area contributed by atoms with Crippen molar-refractivity contribution in [2.75, 3.05) is 13.6 Å². The molecule has 0 amide bonds. The number of esters is 3. The molecular formula is C33H34F3NO10. The largest absolute Gasteiger partial charge is 0.481 e. The van der Waals surface area contributed by atoms with Crippen LogP contribution < -0.4 is 4.74 Å². The highest BCUT2D eigenvalue weighted by Gasteiger charge is 2.72.